The highest BCUT2D eigenvalue weighted by Gasteiger charge is 2.40. The van der Waals surface area contributed by atoms with Crippen molar-refractivity contribution in [1.29, 1.82) is 0 Å². The first-order valence-corrected chi connectivity index (χ1v) is 50.6. The predicted octanol–water partition coefficient (Wildman–Crippen LogP) is 21.5. The quantitative estimate of drug-likeness (QED) is 0.0518. The number of halogens is 7. The summed E-state index contributed by atoms with van der Waals surface area (Å²) in [6.45, 7) is 37.7. The molecule has 5 fully saturated rings. The van der Waals surface area contributed by atoms with Crippen LogP contribution in [0.15, 0.2) is 187 Å². The number of methoxy groups -OCH3 is 1. The van der Waals surface area contributed by atoms with Gasteiger partial charge in [0.15, 0.2) is 5.58 Å². The number of H-pyrrole nitrogens is 4. The summed E-state index contributed by atoms with van der Waals surface area (Å²) >= 11 is 24.8. The summed E-state index contributed by atoms with van der Waals surface area (Å²) in [6.07, 6.45) is 4.83. The molecule has 5 aliphatic rings. The van der Waals surface area contributed by atoms with E-state index in [9.17, 15) is 37.1 Å². The van der Waals surface area contributed by atoms with Crippen molar-refractivity contribution in [3.63, 3.8) is 0 Å². The maximum Gasteiger partial charge on any atom is 0.419 e. The first-order chi connectivity index (χ1) is 70.6. The lowest BCUT2D eigenvalue weighted by Crippen LogP contribution is -2.55. The van der Waals surface area contributed by atoms with E-state index < -0.39 is 11.7 Å². The minimum atomic E-state index is -4.49. The minimum Gasteiger partial charge on any atom is -0.497 e. The van der Waals surface area contributed by atoms with E-state index >= 15 is 0 Å². The molecule has 148 heavy (non-hydrogen) atoms. The standard InChI is InChI=1S/C23H27F3N6O.C23H30N6O.C22H26ClN5O2.C19H21ClN6O2.C18H18Cl2N6O/c1-14-13-31(19-16(23(24,25)26)6-5-9-27-19)10-11-32(14)21(33)30-20-28-17-8-7-15(22(2,3)4)12-18(17)29-20;1-15-7-6-10-24-20(15)28-11-12-29(16(2)14-28)22(30)27-21-25-18-9-8-17(23(3,4)5)13-19(18)26-21;1-14(2)11-16-6-7-19-18(12-16)25-21(30-19)26-22(29)28-10-9-27(13-15(28)3)20-17(23)5-4-8-24-20;1-12-11-25(17-14(20)4-3-7-21-17)8-9-26(12)19(27)24-18-22-15-6-5-13(28-2)10-16(15)23-18;1-11-10-25(16-13(20)3-2-6-21-16)7-8-26(11)18(27)24-17-22-14-5-4-12(19)9-15(14)23-17/h5-9,12,14H,10-11,13H2,1-4H3,(H2,28,29,30,33);6-10,13,16H,11-12,14H2,1-5H3,(H2,25,26,27,30);4-8,12,14-15H,9-11,13H2,1-3H3,(H,25,26,29);3-7,10,12H,8-9,11H2,1-2H3,(H2,22,23,24,27);2-6,9,11H,7-8,10H2,1H3,(H2,22,23,24,27)/t14-;16-;15-;12-;11-/m11111/s1. The van der Waals surface area contributed by atoms with Crippen molar-refractivity contribution >= 4 is 191 Å². The monoisotopic (exact) mass is 2100 g/mol. The number of rotatable bonds is 13. The molecule has 5 saturated heterocycles. The maximum absolute atomic E-state index is 13.4. The molecule has 0 saturated carbocycles. The Morgan fingerprint density at radius 2 is 0.736 bits per heavy atom. The molecule has 36 nitrogen and oxygen atoms in total. The fourth-order valence-electron chi connectivity index (χ4n) is 18.5. The molecular formula is C105H122Cl4F3N29O7. The molecular weight excluding hydrogens is 1980 g/mol. The molecule has 9 N–H and O–H groups in total. The second kappa shape index (κ2) is 45.7. The molecule has 778 valence electrons. The van der Waals surface area contributed by atoms with Crippen LogP contribution in [0, 0.1) is 12.8 Å². The van der Waals surface area contributed by atoms with Crippen LogP contribution in [0.25, 0.3) is 55.2 Å². The van der Waals surface area contributed by atoms with E-state index in [1.807, 2.05) is 135 Å². The average Bonchev–Trinajstić information content (AvgIpc) is 1.48. The van der Waals surface area contributed by atoms with Gasteiger partial charge in [0.1, 0.15) is 40.4 Å². The third-order valence-corrected chi connectivity index (χ3v) is 27.4. The van der Waals surface area contributed by atoms with Crippen LogP contribution in [-0.2, 0) is 23.4 Å². The number of amides is 10. The number of piperazine rings is 5. The van der Waals surface area contributed by atoms with Crippen LogP contribution in [0.5, 0.6) is 5.75 Å². The van der Waals surface area contributed by atoms with Gasteiger partial charge in [0.05, 0.1) is 71.9 Å². The van der Waals surface area contributed by atoms with Gasteiger partial charge in [-0.05, 0) is 208 Å². The number of nitrogens with zero attached hydrogens (tertiary/aromatic N) is 20. The van der Waals surface area contributed by atoms with Crippen LogP contribution in [0.1, 0.15) is 118 Å². The molecule has 5 aromatic carbocycles. The number of hydrogen-bond donors (Lipinski definition) is 9. The van der Waals surface area contributed by atoms with Gasteiger partial charge in [-0.1, -0.05) is 126 Å². The number of hydrogen-bond acceptors (Lipinski definition) is 22. The van der Waals surface area contributed by atoms with Crippen LogP contribution in [0.4, 0.5) is 96.0 Å². The van der Waals surface area contributed by atoms with Gasteiger partial charge in [0.25, 0.3) is 0 Å². The summed E-state index contributed by atoms with van der Waals surface area (Å²) in [5.41, 5.74) is 11.9. The number of pyridine rings is 5. The third kappa shape index (κ3) is 25.7. The third-order valence-electron chi connectivity index (χ3n) is 26.3. The lowest BCUT2D eigenvalue weighted by Gasteiger charge is -2.40. The number of anilines is 10. The van der Waals surface area contributed by atoms with Gasteiger partial charge in [-0.2, -0.15) is 18.2 Å². The molecule has 0 aliphatic carbocycles. The number of carbonyl (C=O) groups excluding carboxylic acids is 5. The van der Waals surface area contributed by atoms with Gasteiger partial charge in [-0.25, -0.2) is 68.8 Å². The molecule has 0 spiro atoms. The molecule has 5 aliphatic heterocycles. The molecule has 0 radical (unpaired) electrons. The molecule has 10 amide bonds. The highest BCUT2D eigenvalue weighted by molar-refractivity contribution is 6.34. The average molecular weight is 2100 g/mol. The first kappa shape index (κ1) is 106. The molecule has 43 heteroatoms. The van der Waals surface area contributed by atoms with E-state index in [1.165, 1.54) is 23.4 Å². The summed E-state index contributed by atoms with van der Waals surface area (Å²) in [7, 11) is 1.61. The number of imidazole rings is 4. The predicted molar refractivity (Wildman–Crippen MR) is 579 cm³/mol. The van der Waals surface area contributed by atoms with E-state index in [0.717, 1.165) is 115 Å². The summed E-state index contributed by atoms with van der Waals surface area (Å²) in [5.74, 6) is 6.07. The Morgan fingerprint density at radius 1 is 0.399 bits per heavy atom. The number of urea groups is 5. The van der Waals surface area contributed by atoms with Crippen LogP contribution in [0.3, 0.4) is 0 Å². The Kier molecular flexibility index (Phi) is 32.8. The van der Waals surface area contributed by atoms with E-state index in [1.54, 1.807) is 75.3 Å². The van der Waals surface area contributed by atoms with Crippen LogP contribution >= 0.6 is 46.4 Å². The van der Waals surface area contributed by atoms with E-state index in [2.05, 4.69) is 203 Å². The molecule has 15 aromatic rings. The number of aryl methyl sites for hydroxylation is 1. The lowest BCUT2D eigenvalue weighted by atomic mass is 9.87. The number of fused-ring (bicyclic) bond motifs is 5. The minimum absolute atomic E-state index is 0.00343. The number of aromatic amines is 4. The molecule has 0 unspecified atom stereocenters. The number of oxazole rings is 1. The molecule has 15 heterocycles. The van der Waals surface area contributed by atoms with Crippen molar-refractivity contribution in [2.24, 2.45) is 5.92 Å². The lowest BCUT2D eigenvalue weighted by molar-refractivity contribution is -0.137. The Bertz CT molecular complexity index is 7250. The van der Waals surface area contributed by atoms with Crippen molar-refractivity contribution in [3.8, 4) is 5.75 Å². The Morgan fingerprint density at radius 3 is 1.10 bits per heavy atom. The number of nitrogens with one attached hydrogen (secondary N) is 9. The maximum atomic E-state index is 13.4. The largest absolute Gasteiger partial charge is 0.497 e. The Labute approximate surface area is 875 Å². The molecule has 0 bridgehead atoms. The van der Waals surface area contributed by atoms with E-state index in [4.69, 9.17) is 55.6 Å². The number of alkyl halides is 3. The van der Waals surface area contributed by atoms with Gasteiger partial charge in [-0.15, -0.1) is 0 Å². The van der Waals surface area contributed by atoms with Gasteiger partial charge in [-0.3, -0.25) is 26.6 Å². The van der Waals surface area contributed by atoms with Crippen LogP contribution in [0.2, 0.25) is 20.1 Å². The molecule has 5 atom stereocenters. The zero-order valence-electron chi connectivity index (χ0n) is 85.0. The summed E-state index contributed by atoms with van der Waals surface area (Å²) < 4.78 is 51.1. The fourth-order valence-corrected chi connectivity index (χ4v) is 19.4. The van der Waals surface area contributed by atoms with Gasteiger partial charge in [0, 0.05) is 170 Å². The number of benzene rings is 5. The van der Waals surface area contributed by atoms with E-state index in [-0.39, 0.29) is 103 Å². The highest BCUT2D eigenvalue weighted by Crippen LogP contribution is 2.39. The van der Waals surface area contributed by atoms with Gasteiger partial charge in [0.2, 0.25) is 23.8 Å². The Balaban J connectivity index is 0.000000132. The first-order valence-electron chi connectivity index (χ1n) is 49.1. The number of ether oxygens (including phenoxy) is 1. The zero-order chi connectivity index (χ0) is 105. The smallest absolute Gasteiger partial charge is 0.419 e. The molecule has 10 aromatic heterocycles. The van der Waals surface area contributed by atoms with Crippen molar-refractivity contribution in [1.82, 2.24) is 94.3 Å². The van der Waals surface area contributed by atoms with Crippen LogP contribution < -0.4 is 55.8 Å². The summed E-state index contributed by atoms with van der Waals surface area (Å²) in [6, 6.07) is 45.1. The second-order valence-electron chi connectivity index (χ2n) is 39.8. The normalized spacial score (nSPS) is 17.3. The van der Waals surface area contributed by atoms with Crippen molar-refractivity contribution in [2.45, 2.75) is 151 Å². The van der Waals surface area contributed by atoms with Crippen LogP contribution in [-0.4, -0.2) is 260 Å². The fraction of sp³-hybridized carbons (Fsp3) is 0.381. The van der Waals surface area contributed by atoms with Crippen molar-refractivity contribution < 1.29 is 46.3 Å². The molecule has 20 rings (SSSR count). The Hall–Kier alpha value is -14.7. The number of carbonyl (C=O) groups is 5. The van der Waals surface area contributed by atoms with Gasteiger partial charge >= 0.3 is 42.3 Å². The number of aromatic nitrogens is 14. The van der Waals surface area contributed by atoms with E-state index in [0.29, 0.717) is 121 Å². The zero-order valence-corrected chi connectivity index (χ0v) is 88.1. The second-order valence-corrected chi connectivity index (χ2v) is 41.5. The van der Waals surface area contributed by atoms with Gasteiger partial charge < -0.3 is 78.1 Å². The SMILES string of the molecule is CC(C)Cc1ccc2oc(NC(=O)N3CCN(c4ncccc4Cl)C[C@H]3C)nc2c1.COc1ccc2nc(NC(=O)N3CCN(c4ncccc4Cl)C[C@H]3C)[nH]c2c1.C[C@@H]1CN(c2ncccc2C(F)(F)F)CCN1C(=O)Nc1nc2ccc(C(C)(C)C)cc2[nH]1.C[C@@H]1CN(c2ncccc2Cl)CCN1C(=O)Nc1nc2ccc(Cl)cc2[nH]1.Cc1cccnc1N1CCN(C(=O)Nc2nc3ccc(C(C)(C)C)cc3[nH]2)[C@H](C)C1. The highest BCUT2D eigenvalue weighted by atomic mass is 35.5. The van der Waals surface area contributed by atoms with Crippen molar-refractivity contribution in [2.75, 3.05) is 156 Å². The topological polar surface area (TPSA) is 392 Å². The summed E-state index contributed by atoms with van der Waals surface area (Å²) in [4.78, 5) is 139. The summed E-state index contributed by atoms with van der Waals surface area (Å²) in [5, 5.41) is 16.7. The van der Waals surface area contributed by atoms with Crippen molar-refractivity contribution in [3.05, 3.63) is 231 Å².